The Morgan fingerprint density at radius 1 is 0.975 bits per heavy atom. The number of anilines is 1. The highest BCUT2D eigenvalue weighted by Gasteiger charge is 2.32. The van der Waals surface area contributed by atoms with Gasteiger partial charge in [-0.25, -0.2) is 18.7 Å². The van der Waals surface area contributed by atoms with Gasteiger partial charge >= 0.3 is 0 Å². The molecule has 1 aliphatic heterocycles. The van der Waals surface area contributed by atoms with E-state index in [1.165, 1.54) is 12.1 Å². The van der Waals surface area contributed by atoms with Crippen LogP contribution in [0.5, 0.6) is 0 Å². The van der Waals surface area contributed by atoms with E-state index in [9.17, 15) is 4.39 Å². The van der Waals surface area contributed by atoms with Gasteiger partial charge in [-0.05, 0) is 44.9 Å². The lowest BCUT2D eigenvalue weighted by atomic mass is 10.0. The summed E-state index contributed by atoms with van der Waals surface area (Å²) in [6, 6.07) is 5.67. The zero-order chi connectivity index (χ0) is 27.5. The Balaban J connectivity index is 1.34. The van der Waals surface area contributed by atoms with Crippen molar-refractivity contribution in [1.29, 1.82) is 0 Å². The highest BCUT2D eigenvalue weighted by molar-refractivity contribution is 5.94. The molecule has 5 aromatic rings. The monoisotopic (exact) mass is 544 g/mol. The summed E-state index contributed by atoms with van der Waals surface area (Å²) >= 11 is 0. The molecule has 0 N–H and O–H groups in total. The number of hydrogen-bond donors (Lipinski definition) is 0. The summed E-state index contributed by atoms with van der Waals surface area (Å²) in [6.45, 7) is 6.52. The molecule has 10 nitrogen and oxygen atoms in total. The van der Waals surface area contributed by atoms with Crippen LogP contribution in [0.2, 0.25) is 0 Å². The highest BCUT2D eigenvalue weighted by atomic mass is 19.1. The van der Waals surface area contributed by atoms with Crippen LogP contribution >= 0.6 is 0 Å². The smallest absolute Gasteiger partial charge is 0.249 e. The average molecular weight is 545 g/mol. The van der Waals surface area contributed by atoms with Crippen LogP contribution in [-0.2, 0) is 4.74 Å². The molecule has 2 unspecified atom stereocenters. The maximum atomic E-state index is 15.2. The molecule has 2 fully saturated rings. The standard InChI is InChI=1S/C28H26F2N8O2/c1-14-11-37(13-24(39-14)17-10-31-38(12-17)19-5-6-19)28-33-25(20-7-4-18(29)8-23(20)30)22-9-21(15(2)32-26(22)34-28)27-36-35-16(3)40-27/h4,7-10,12,14,19,24H,5-6,11,13H2,1-3H3. The third-order valence-corrected chi connectivity index (χ3v) is 7.27. The van der Waals surface area contributed by atoms with Gasteiger partial charge in [0.15, 0.2) is 5.65 Å². The molecule has 4 aromatic heterocycles. The molecule has 0 bridgehead atoms. The van der Waals surface area contributed by atoms with Gasteiger partial charge in [0.1, 0.15) is 17.7 Å². The molecule has 0 spiro atoms. The van der Waals surface area contributed by atoms with Gasteiger partial charge in [0, 0.05) is 42.2 Å². The zero-order valence-corrected chi connectivity index (χ0v) is 22.2. The van der Waals surface area contributed by atoms with Gasteiger partial charge in [0.05, 0.1) is 41.8 Å². The summed E-state index contributed by atoms with van der Waals surface area (Å²) in [5.74, 6) is -0.329. The summed E-state index contributed by atoms with van der Waals surface area (Å²) in [7, 11) is 0. The fraction of sp³-hybridized carbons (Fsp3) is 0.357. The molecule has 1 aliphatic carbocycles. The predicted octanol–water partition coefficient (Wildman–Crippen LogP) is 5.13. The molecule has 40 heavy (non-hydrogen) atoms. The van der Waals surface area contributed by atoms with Gasteiger partial charge in [-0.15, -0.1) is 10.2 Å². The molecule has 2 aliphatic rings. The van der Waals surface area contributed by atoms with Gasteiger partial charge in [0.2, 0.25) is 17.7 Å². The minimum atomic E-state index is -0.734. The van der Waals surface area contributed by atoms with Gasteiger partial charge in [0.25, 0.3) is 0 Å². The first-order chi connectivity index (χ1) is 19.3. The van der Waals surface area contributed by atoms with Crippen LogP contribution in [0.1, 0.15) is 49.1 Å². The van der Waals surface area contributed by atoms with E-state index < -0.39 is 11.6 Å². The maximum absolute atomic E-state index is 15.2. The topological polar surface area (TPSA) is 108 Å². The molecule has 1 saturated carbocycles. The lowest BCUT2D eigenvalue weighted by Crippen LogP contribution is -2.43. The minimum absolute atomic E-state index is 0.119. The highest BCUT2D eigenvalue weighted by Crippen LogP contribution is 2.37. The van der Waals surface area contributed by atoms with E-state index in [0.717, 1.165) is 24.5 Å². The maximum Gasteiger partial charge on any atom is 0.249 e. The molecule has 0 radical (unpaired) electrons. The lowest BCUT2D eigenvalue weighted by Gasteiger charge is -2.36. The van der Waals surface area contributed by atoms with E-state index in [4.69, 9.17) is 24.1 Å². The van der Waals surface area contributed by atoms with E-state index in [1.54, 1.807) is 13.0 Å². The van der Waals surface area contributed by atoms with Crippen LogP contribution in [-0.4, -0.2) is 54.1 Å². The third-order valence-electron chi connectivity index (χ3n) is 7.27. The molecule has 1 aromatic carbocycles. The van der Waals surface area contributed by atoms with Crippen LogP contribution in [0.4, 0.5) is 14.7 Å². The number of hydrogen-bond acceptors (Lipinski definition) is 9. The molecule has 2 atom stereocenters. The Kier molecular flexibility index (Phi) is 5.81. The summed E-state index contributed by atoms with van der Waals surface area (Å²) < 4.78 is 42.9. The Hall–Kier alpha value is -4.32. The molecule has 1 saturated heterocycles. The van der Waals surface area contributed by atoms with Gasteiger partial charge in [-0.3, -0.25) is 4.68 Å². The van der Waals surface area contributed by atoms with Crippen molar-refractivity contribution in [2.24, 2.45) is 0 Å². The van der Waals surface area contributed by atoms with E-state index in [2.05, 4.69) is 15.3 Å². The Labute approximate surface area is 228 Å². The fourth-order valence-electron chi connectivity index (χ4n) is 5.14. The number of ether oxygens (including phenoxy) is 1. The van der Waals surface area contributed by atoms with E-state index >= 15 is 4.39 Å². The number of pyridine rings is 1. The second kappa shape index (κ2) is 9.40. The summed E-state index contributed by atoms with van der Waals surface area (Å²) in [5, 5.41) is 13.0. The van der Waals surface area contributed by atoms with Crippen LogP contribution in [0.25, 0.3) is 33.7 Å². The van der Waals surface area contributed by atoms with Crippen LogP contribution in [0.3, 0.4) is 0 Å². The molecular formula is C28H26F2N8O2. The van der Waals surface area contributed by atoms with Crippen molar-refractivity contribution in [3.05, 3.63) is 65.4 Å². The number of nitrogens with zero attached hydrogens (tertiary/aromatic N) is 8. The number of fused-ring (bicyclic) bond motifs is 1. The van der Waals surface area contributed by atoms with E-state index in [0.29, 0.717) is 59.0 Å². The normalized spacial score (nSPS) is 19.5. The second-order valence-electron chi connectivity index (χ2n) is 10.4. The number of aromatic nitrogens is 7. The van der Waals surface area contributed by atoms with Crippen molar-refractivity contribution in [2.45, 2.75) is 51.9 Å². The second-order valence-corrected chi connectivity index (χ2v) is 10.4. The zero-order valence-electron chi connectivity index (χ0n) is 22.2. The van der Waals surface area contributed by atoms with Crippen LogP contribution < -0.4 is 4.90 Å². The largest absolute Gasteiger partial charge is 0.421 e. The SMILES string of the molecule is Cc1nnc(-c2cc3c(-c4ccc(F)cc4F)nc(N4CC(C)OC(c5cnn(C6CC6)c5)C4)nc3nc2C)o1. The van der Waals surface area contributed by atoms with Crippen LogP contribution in [0.15, 0.2) is 41.1 Å². The van der Waals surface area contributed by atoms with Crippen molar-refractivity contribution in [2.75, 3.05) is 18.0 Å². The summed E-state index contributed by atoms with van der Waals surface area (Å²) in [6.07, 6.45) is 5.83. The molecule has 7 rings (SSSR count). The molecule has 5 heterocycles. The quantitative estimate of drug-likeness (QED) is 0.297. The van der Waals surface area contributed by atoms with E-state index in [1.807, 2.05) is 35.8 Å². The first-order valence-electron chi connectivity index (χ1n) is 13.2. The number of rotatable bonds is 5. The lowest BCUT2D eigenvalue weighted by molar-refractivity contribution is -0.0178. The molecule has 0 amide bonds. The van der Waals surface area contributed by atoms with Crippen LogP contribution in [0, 0.1) is 25.5 Å². The number of aryl methyl sites for hydroxylation is 2. The molecule has 204 valence electrons. The van der Waals surface area contributed by atoms with Crippen molar-refractivity contribution >= 4 is 17.0 Å². The van der Waals surface area contributed by atoms with Crippen molar-refractivity contribution < 1.29 is 17.9 Å². The Bertz CT molecular complexity index is 1750. The van der Waals surface area contributed by atoms with Crippen molar-refractivity contribution in [3.8, 4) is 22.7 Å². The predicted molar refractivity (Wildman–Crippen MR) is 141 cm³/mol. The first-order valence-corrected chi connectivity index (χ1v) is 13.2. The first kappa shape index (κ1) is 24.7. The van der Waals surface area contributed by atoms with Gasteiger partial charge < -0.3 is 14.1 Å². The fourth-order valence-corrected chi connectivity index (χ4v) is 5.14. The number of benzene rings is 1. The minimum Gasteiger partial charge on any atom is -0.421 e. The molecular weight excluding hydrogens is 518 g/mol. The van der Waals surface area contributed by atoms with E-state index in [-0.39, 0.29) is 23.7 Å². The molecule has 12 heteroatoms. The Morgan fingerprint density at radius 3 is 2.58 bits per heavy atom. The van der Waals surface area contributed by atoms with Crippen molar-refractivity contribution in [1.82, 2.24) is 34.9 Å². The Morgan fingerprint density at radius 2 is 1.82 bits per heavy atom. The number of morpholine rings is 1. The van der Waals surface area contributed by atoms with Gasteiger partial charge in [-0.2, -0.15) is 10.1 Å². The summed E-state index contributed by atoms with van der Waals surface area (Å²) in [5.41, 5.74) is 2.99. The average Bonchev–Trinajstić information content (AvgIpc) is 3.49. The van der Waals surface area contributed by atoms with Crippen molar-refractivity contribution in [3.63, 3.8) is 0 Å². The third kappa shape index (κ3) is 4.47. The van der Waals surface area contributed by atoms with Gasteiger partial charge in [-0.1, -0.05) is 0 Å². The summed E-state index contributed by atoms with van der Waals surface area (Å²) in [4.78, 5) is 16.4. The number of halogens is 2.